The van der Waals surface area contributed by atoms with Gasteiger partial charge >= 0.3 is 0 Å². The zero-order valence-electron chi connectivity index (χ0n) is 8.95. The normalized spacial score (nSPS) is 10.4. The van der Waals surface area contributed by atoms with Gasteiger partial charge in [-0.15, -0.1) is 6.58 Å². The second kappa shape index (κ2) is 6.35. The van der Waals surface area contributed by atoms with Crippen LogP contribution in [0.1, 0.15) is 38.3 Å². The highest BCUT2D eigenvalue weighted by atomic mass is 15.5. The van der Waals surface area contributed by atoms with Crippen LogP contribution in [0.15, 0.2) is 18.9 Å². The molecule has 1 aromatic heterocycles. The molecular formula is C11H19N3. The molecule has 0 amide bonds. The highest BCUT2D eigenvalue weighted by Gasteiger charge is 1.98. The fraction of sp³-hybridized carbons (Fsp3) is 0.636. The van der Waals surface area contributed by atoms with Crippen molar-refractivity contribution in [3.8, 4) is 0 Å². The van der Waals surface area contributed by atoms with Gasteiger partial charge in [0.25, 0.3) is 0 Å². The van der Waals surface area contributed by atoms with Gasteiger partial charge < -0.3 is 0 Å². The standard InChI is InChI=1S/C11H19N3/c1-3-5-6-7-8-11-10-12-14(13-11)9-4-2/h4,10H,2-3,5-9H2,1H3. The van der Waals surface area contributed by atoms with Gasteiger partial charge in [0.05, 0.1) is 18.4 Å². The lowest BCUT2D eigenvalue weighted by Crippen LogP contribution is -1.99. The van der Waals surface area contributed by atoms with Gasteiger partial charge in [-0.3, -0.25) is 0 Å². The van der Waals surface area contributed by atoms with Gasteiger partial charge in [0.1, 0.15) is 0 Å². The third-order valence-electron chi connectivity index (χ3n) is 2.16. The molecule has 0 aliphatic heterocycles. The smallest absolute Gasteiger partial charge is 0.0827 e. The average molecular weight is 193 g/mol. The summed E-state index contributed by atoms with van der Waals surface area (Å²) in [5.74, 6) is 0. The number of allylic oxidation sites excluding steroid dienone is 1. The summed E-state index contributed by atoms with van der Waals surface area (Å²) in [5.41, 5.74) is 1.10. The molecule has 0 saturated heterocycles. The molecule has 0 fully saturated rings. The van der Waals surface area contributed by atoms with Crippen LogP contribution in [-0.4, -0.2) is 15.0 Å². The molecule has 0 atom stereocenters. The van der Waals surface area contributed by atoms with Crippen LogP contribution < -0.4 is 0 Å². The van der Waals surface area contributed by atoms with Gasteiger partial charge in [-0.25, -0.2) is 0 Å². The Morgan fingerprint density at radius 2 is 2.29 bits per heavy atom. The van der Waals surface area contributed by atoms with Crippen LogP contribution in [-0.2, 0) is 13.0 Å². The van der Waals surface area contributed by atoms with Crippen LogP contribution in [0.5, 0.6) is 0 Å². The molecule has 0 aliphatic carbocycles. The first-order valence-electron chi connectivity index (χ1n) is 5.36. The van der Waals surface area contributed by atoms with E-state index in [1.54, 1.807) is 10.9 Å². The van der Waals surface area contributed by atoms with Crippen molar-refractivity contribution >= 4 is 0 Å². The molecule has 0 saturated carbocycles. The van der Waals surface area contributed by atoms with Crippen molar-refractivity contribution in [3.05, 3.63) is 24.5 Å². The third-order valence-corrected chi connectivity index (χ3v) is 2.16. The minimum Gasteiger partial charge on any atom is -0.181 e. The minimum atomic E-state index is 0.703. The van der Waals surface area contributed by atoms with Crippen LogP contribution in [0, 0.1) is 0 Å². The number of aryl methyl sites for hydroxylation is 1. The Morgan fingerprint density at radius 3 is 3.00 bits per heavy atom. The summed E-state index contributed by atoms with van der Waals surface area (Å²) in [4.78, 5) is 1.68. The summed E-state index contributed by atoms with van der Waals surface area (Å²) in [7, 11) is 0. The second-order valence-corrected chi connectivity index (χ2v) is 3.49. The zero-order chi connectivity index (χ0) is 10.2. The van der Waals surface area contributed by atoms with Crippen molar-refractivity contribution in [3.63, 3.8) is 0 Å². The van der Waals surface area contributed by atoms with E-state index in [4.69, 9.17) is 0 Å². The number of hydrogen-bond donors (Lipinski definition) is 0. The molecule has 3 heteroatoms. The van der Waals surface area contributed by atoms with Crippen LogP contribution in [0.3, 0.4) is 0 Å². The SMILES string of the molecule is C=CCn1ncc(CCCCCC)n1. The van der Waals surface area contributed by atoms with Gasteiger partial charge in [0, 0.05) is 0 Å². The first-order valence-corrected chi connectivity index (χ1v) is 5.36. The van der Waals surface area contributed by atoms with Gasteiger partial charge in [-0.05, 0) is 12.8 Å². The predicted molar refractivity (Wildman–Crippen MR) is 58.1 cm³/mol. The number of unbranched alkanes of at least 4 members (excludes halogenated alkanes) is 3. The largest absolute Gasteiger partial charge is 0.181 e. The van der Waals surface area contributed by atoms with Crippen LogP contribution in [0.2, 0.25) is 0 Å². The topological polar surface area (TPSA) is 30.7 Å². The Morgan fingerprint density at radius 1 is 1.43 bits per heavy atom. The summed E-state index contributed by atoms with van der Waals surface area (Å²) in [6.45, 7) is 6.58. The molecule has 0 spiro atoms. The Kier molecular flexibility index (Phi) is 4.97. The number of rotatable bonds is 7. The minimum absolute atomic E-state index is 0.703. The van der Waals surface area contributed by atoms with Crippen molar-refractivity contribution in [2.45, 2.75) is 45.6 Å². The van der Waals surface area contributed by atoms with Crippen molar-refractivity contribution < 1.29 is 0 Å². The summed E-state index contributed by atoms with van der Waals surface area (Å²) in [6, 6.07) is 0. The molecule has 0 N–H and O–H groups in total. The van der Waals surface area contributed by atoms with Crippen molar-refractivity contribution in [1.82, 2.24) is 15.0 Å². The predicted octanol–water partition coefficient (Wildman–Crippen LogP) is 2.59. The van der Waals surface area contributed by atoms with Gasteiger partial charge in [-0.2, -0.15) is 15.0 Å². The van der Waals surface area contributed by atoms with Gasteiger partial charge in [0.15, 0.2) is 0 Å². The second-order valence-electron chi connectivity index (χ2n) is 3.49. The summed E-state index contributed by atoms with van der Waals surface area (Å²) in [5, 5.41) is 8.47. The van der Waals surface area contributed by atoms with E-state index < -0.39 is 0 Å². The molecule has 1 rings (SSSR count). The maximum atomic E-state index is 4.33. The summed E-state index contributed by atoms with van der Waals surface area (Å²) in [6.07, 6.45) is 9.84. The fourth-order valence-corrected chi connectivity index (χ4v) is 1.38. The highest BCUT2D eigenvalue weighted by Crippen LogP contribution is 2.04. The van der Waals surface area contributed by atoms with Gasteiger partial charge in [0.2, 0.25) is 0 Å². The lowest BCUT2D eigenvalue weighted by Gasteiger charge is -1.95. The van der Waals surface area contributed by atoms with E-state index in [1.165, 1.54) is 25.7 Å². The van der Waals surface area contributed by atoms with E-state index in [0.29, 0.717) is 6.54 Å². The molecule has 0 radical (unpaired) electrons. The lowest BCUT2D eigenvalue weighted by molar-refractivity contribution is 0.588. The molecule has 0 aliphatic rings. The summed E-state index contributed by atoms with van der Waals surface area (Å²) < 4.78 is 0. The quantitative estimate of drug-likeness (QED) is 0.492. The van der Waals surface area contributed by atoms with E-state index >= 15 is 0 Å². The average Bonchev–Trinajstić information content (AvgIpc) is 2.61. The third kappa shape index (κ3) is 3.73. The molecule has 0 unspecified atom stereocenters. The maximum absolute atomic E-state index is 4.33. The van der Waals surface area contributed by atoms with Crippen molar-refractivity contribution in [1.29, 1.82) is 0 Å². The summed E-state index contributed by atoms with van der Waals surface area (Å²) >= 11 is 0. The van der Waals surface area contributed by atoms with E-state index in [0.717, 1.165) is 12.1 Å². The Hall–Kier alpha value is -1.12. The van der Waals surface area contributed by atoms with E-state index in [1.807, 2.05) is 6.20 Å². The van der Waals surface area contributed by atoms with Crippen molar-refractivity contribution in [2.75, 3.05) is 0 Å². The first-order chi connectivity index (χ1) is 6.86. The first kappa shape index (κ1) is 11.0. The molecule has 3 nitrogen and oxygen atoms in total. The van der Waals surface area contributed by atoms with Crippen molar-refractivity contribution in [2.24, 2.45) is 0 Å². The van der Waals surface area contributed by atoms with Gasteiger partial charge in [-0.1, -0.05) is 32.3 Å². The monoisotopic (exact) mass is 193 g/mol. The molecule has 0 bridgehead atoms. The number of aromatic nitrogens is 3. The zero-order valence-corrected chi connectivity index (χ0v) is 8.95. The van der Waals surface area contributed by atoms with E-state index in [2.05, 4.69) is 23.7 Å². The maximum Gasteiger partial charge on any atom is 0.0827 e. The molecule has 0 aromatic carbocycles. The Balaban J connectivity index is 2.25. The van der Waals surface area contributed by atoms with Crippen LogP contribution in [0.25, 0.3) is 0 Å². The van der Waals surface area contributed by atoms with Crippen LogP contribution >= 0.6 is 0 Å². The number of nitrogens with zero attached hydrogens (tertiary/aromatic N) is 3. The lowest BCUT2D eigenvalue weighted by atomic mass is 10.1. The van der Waals surface area contributed by atoms with E-state index in [-0.39, 0.29) is 0 Å². The van der Waals surface area contributed by atoms with E-state index in [9.17, 15) is 0 Å². The Bertz CT molecular complexity index is 265. The molecule has 14 heavy (non-hydrogen) atoms. The highest BCUT2D eigenvalue weighted by molar-refractivity contribution is 4.91. The molecule has 1 aromatic rings. The molecule has 1 heterocycles. The molecule has 78 valence electrons. The number of hydrogen-bond acceptors (Lipinski definition) is 2. The Labute approximate surface area is 85.8 Å². The fourth-order valence-electron chi connectivity index (χ4n) is 1.38. The molecular weight excluding hydrogens is 174 g/mol. The van der Waals surface area contributed by atoms with Crippen LogP contribution in [0.4, 0.5) is 0 Å².